The van der Waals surface area contributed by atoms with E-state index >= 15 is 0 Å². The molecule has 0 amide bonds. The van der Waals surface area contributed by atoms with Gasteiger partial charge in [-0.25, -0.2) is 5.48 Å². The van der Waals surface area contributed by atoms with E-state index in [1.165, 1.54) is 0 Å². The first kappa shape index (κ1) is 11.5. The Bertz CT molecular complexity index is 336. The number of rotatable bonds is 2. The summed E-state index contributed by atoms with van der Waals surface area (Å²) >= 11 is 0. The Kier molecular flexibility index (Phi) is 3.88. The molecule has 2 rings (SSSR count). The van der Waals surface area contributed by atoms with Gasteiger partial charge in [0.25, 0.3) is 6.36 Å². The summed E-state index contributed by atoms with van der Waals surface area (Å²) in [4.78, 5) is 5.13. The normalized spacial score (nSPS) is 22.1. The maximum absolute atomic E-state index is 13.0. The van der Waals surface area contributed by atoms with E-state index in [0.29, 0.717) is 13.2 Å². The molecule has 1 radical (unpaired) electrons. The number of aliphatic hydroxyl groups excluding tert-OH is 1. The summed E-state index contributed by atoms with van der Waals surface area (Å²) in [6.07, 6.45) is 0.747. The van der Waals surface area contributed by atoms with E-state index in [4.69, 9.17) is 9.94 Å². The zero-order valence-electron chi connectivity index (χ0n) is 8.95. The van der Waals surface area contributed by atoms with Crippen LogP contribution in [0.5, 0.6) is 0 Å². The Morgan fingerprint density at radius 1 is 1.44 bits per heavy atom. The third-order valence-electron chi connectivity index (χ3n) is 2.85. The highest BCUT2D eigenvalue weighted by atomic mass is 19.1. The Morgan fingerprint density at radius 3 is 3.06 bits per heavy atom. The first-order valence-corrected chi connectivity index (χ1v) is 5.44. The number of hydrogen-bond acceptors (Lipinski definition) is 3. The van der Waals surface area contributed by atoms with Crippen LogP contribution in [0, 0.1) is 6.36 Å². The van der Waals surface area contributed by atoms with Crippen molar-refractivity contribution in [1.29, 1.82) is 0 Å². The SMILES string of the molecule is O[C](F)c1ccccc1C1CCCONC1. The Balaban J connectivity index is 2.23. The van der Waals surface area contributed by atoms with Crippen LogP contribution >= 0.6 is 0 Å². The van der Waals surface area contributed by atoms with E-state index in [1.807, 2.05) is 12.1 Å². The van der Waals surface area contributed by atoms with Crippen LogP contribution in [0.2, 0.25) is 0 Å². The lowest BCUT2D eigenvalue weighted by molar-refractivity contribution is 0.0513. The van der Waals surface area contributed by atoms with Crippen molar-refractivity contribution in [1.82, 2.24) is 5.48 Å². The number of aliphatic hydroxyl groups is 1. The fraction of sp³-hybridized carbons (Fsp3) is 0.417. The highest BCUT2D eigenvalue weighted by Crippen LogP contribution is 2.29. The van der Waals surface area contributed by atoms with Crippen molar-refractivity contribution in [2.45, 2.75) is 18.8 Å². The lowest BCUT2D eigenvalue weighted by Crippen LogP contribution is -2.19. The molecule has 1 heterocycles. The molecule has 16 heavy (non-hydrogen) atoms. The summed E-state index contributed by atoms with van der Waals surface area (Å²) in [5.74, 6) is 0.177. The lowest BCUT2D eigenvalue weighted by atomic mass is 9.90. The van der Waals surface area contributed by atoms with Gasteiger partial charge in [-0.05, 0) is 24.3 Å². The summed E-state index contributed by atoms with van der Waals surface area (Å²) in [6, 6.07) is 7.02. The largest absolute Gasteiger partial charge is 0.353 e. The van der Waals surface area contributed by atoms with Gasteiger partial charge in [0.2, 0.25) is 0 Å². The lowest BCUT2D eigenvalue weighted by Gasteiger charge is -2.17. The van der Waals surface area contributed by atoms with Crippen molar-refractivity contribution in [3.63, 3.8) is 0 Å². The van der Waals surface area contributed by atoms with Gasteiger partial charge in [-0.15, -0.1) is 0 Å². The second kappa shape index (κ2) is 5.39. The molecule has 1 aromatic carbocycles. The van der Waals surface area contributed by atoms with E-state index in [1.54, 1.807) is 12.1 Å². The minimum Gasteiger partial charge on any atom is -0.353 e. The van der Waals surface area contributed by atoms with Gasteiger partial charge in [0.1, 0.15) is 0 Å². The molecule has 1 aromatic rings. The topological polar surface area (TPSA) is 41.5 Å². The summed E-state index contributed by atoms with van der Waals surface area (Å²) in [5, 5.41) is 9.00. The highest BCUT2D eigenvalue weighted by Gasteiger charge is 2.21. The first-order valence-electron chi connectivity index (χ1n) is 5.44. The molecule has 1 saturated heterocycles. The van der Waals surface area contributed by atoms with Crippen molar-refractivity contribution >= 4 is 0 Å². The standard InChI is InChI=1S/C12H15FNO2/c13-12(15)11-6-2-1-5-10(11)9-4-3-7-16-14-8-9/h1-2,5-6,9,14-15H,3-4,7-8H2. The van der Waals surface area contributed by atoms with Gasteiger partial charge in [0, 0.05) is 12.1 Å². The fourth-order valence-corrected chi connectivity index (χ4v) is 2.04. The van der Waals surface area contributed by atoms with E-state index in [9.17, 15) is 4.39 Å². The third-order valence-corrected chi connectivity index (χ3v) is 2.85. The van der Waals surface area contributed by atoms with Crippen molar-refractivity contribution in [3.05, 3.63) is 41.8 Å². The molecule has 0 bridgehead atoms. The maximum Gasteiger partial charge on any atom is 0.297 e. The summed E-state index contributed by atoms with van der Waals surface area (Å²) in [5.41, 5.74) is 3.97. The summed E-state index contributed by atoms with van der Waals surface area (Å²) < 4.78 is 13.0. The van der Waals surface area contributed by atoms with E-state index in [2.05, 4.69) is 5.48 Å². The molecule has 1 aliphatic heterocycles. The highest BCUT2D eigenvalue weighted by molar-refractivity contribution is 5.36. The Hall–Kier alpha value is -0.970. The summed E-state index contributed by atoms with van der Waals surface area (Å²) in [6.45, 7) is 1.31. The molecule has 1 atom stereocenters. The van der Waals surface area contributed by atoms with Crippen LogP contribution in [-0.2, 0) is 4.84 Å². The van der Waals surface area contributed by atoms with Crippen LogP contribution in [0.3, 0.4) is 0 Å². The van der Waals surface area contributed by atoms with Crippen LogP contribution in [0.1, 0.15) is 29.9 Å². The van der Waals surface area contributed by atoms with Gasteiger partial charge < -0.3 is 9.94 Å². The quantitative estimate of drug-likeness (QED) is 0.809. The zero-order chi connectivity index (χ0) is 11.4. The summed E-state index contributed by atoms with van der Waals surface area (Å²) in [7, 11) is 0. The molecule has 0 aliphatic carbocycles. The minimum absolute atomic E-state index is 0.177. The van der Waals surface area contributed by atoms with Gasteiger partial charge in [0.15, 0.2) is 0 Å². The van der Waals surface area contributed by atoms with Crippen LogP contribution in [-0.4, -0.2) is 18.3 Å². The minimum atomic E-state index is -1.11. The van der Waals surface area contributed by atoms with Gasteiger partial charge in [-0.2, -0.15) is 4.39 Å². The predicted molar refractivity (Wildman–Crippen MR) is 57.8 cm³/mol. The molecule has 1 fully saturated rings. The maximum atomic E-state index is 13.0. The van der Waals surface area contributed by atoms with Crippen LogP contribution < -0.4 is 5.48 Å². The molecule has 0 saturated carbocycles. The van der Waals surface area contributed by atoms with Crippen molar-refractivity contribution in [2.75, 3.05) is 13.2 Å². The smallest absolute Gasteiger partial charge is 0.297 e. The number of benzene rings is 1. The van der Waals surface area contributed by atoms with Crippen molar-refractivity contribution < 1.29 is 14.3 Å². The second-order valence-corrected chi connectivity index (χ2v) is 3.91. The second-order valence-electron chi connectivity index (χ2n) is 3.91. The molecular weight excluding hydrogens is 209 g/mol. The first-order chi connectivity index (χ1) is 7.79. The molecule has 4 heteroatoms. The molecule has 2 N–H and O–H groups in total. The molecular formula is C12H15FNO2. The van der Waals surface area contributed by atoms with Crippen LogP contribution in [0.4, 0.5) is 4.39 Å². The van der Waals surface area contributed by atoms with Crippen molar-refractivity contribution in [3.8, 4) is 0 Å². The molecule has 87 valence electrons. The fourth-order valence-electron chi connectivity index (χ4n) is 2.04. The van der Waals surface area contributed by atoms with Gasteiger partial charge >= 0.3 is 0 Å². The van der Waals surface area contributed by atoms with Crippen molar-refractivity contribution in [2.24, 2.45) is 0 Å². The molecule has 1 unspecified atom stereocenters. The van der Waals surface area contributed by atoms with Gasteiger partial charge in [0.05, 0.1) is 6.61 Å². The number of halogens is 1. The molecule has 0 aromatic heterocycles. The van der Waals surface area contributed by atoms with Crippen LogP contribution in [0.25, 0.3) is 0 Å². The van der Waals surface area contributed by atoms with Crippen LogP contribution in [0.15, 0.2) is 24.3 Å². The Labute approximate surface area is 94.2 Å². The van der Waals surface area contributed by atoms with Gasteiger partial charge in [-0.1, -0.05) is 24.3 Å². The number of nitrogens with one attached hydrogen (secondary N) is 1. The predicted octanol–water partition coefficient (Wildman–Crippen LogP) is 2.26. The third kappa shape index (κ3) is 2.58. The average Bonchev–Trinajstić information content (AvgIpc) is 2.57. The van der Waals surface area contributed by atoms with E-state index < -0.39 is 6.36 Å². The Morgan fingerprint density at radius 2 is 2.25 bits per heavy atom. The zero-order valence-corrected chi connectivity index (χ0v) is 8.95. The molecule has 3 nitrogen and oxygen atoms in total. The molecule has 1 aliphatic rings. The average molecular weight is 224 g/mol. The molecule has 0 spiro atoms. The monoisotopic (exact) mass is 224 g/mol. The number of hydroxylamine groups is 1. The number of hydrogen-bond donors (Lipinski definition) is 2. The van der Waals surface area contributed by atoms with Gasteiger partial charge in [-0.3, -0.25) is 0 Å². The van der Waals surface area contributed by atoms with E-state index in [0.717, 1.165) is 18.4 Å². The van der Waals surface area contributed by atoms with E-state index in [-0.39, 0.29) is 11.5 Å².